The van der Waals surface area contributed by atoms with Gasteiger partial charge in [0.1, 0.15) is 23.9 Å². The summed E-state index contributed by atoms with van der Waals surface area (Å²) in [4.78, 5) is 59.5. The highest BCUT2D eigenvalue weighted by atomic mass is 16.3. The predicted molar refractivity (Wildman–Crippen MR) is 192 cm³/mol. The Bertz CT molecular complexity index is 1390. The van der Waals surface area contributed by atoms with Crippen molar-refractivity contribution in [1.29, 1.82) is 0 Å². The monoisotopic (exact) mass is 681 g/mol. The third-order valence-corrected chi connectivity index (χ3v) is 8.53. The molecule has 0 unspecified atom stereocenters. The molecular weight excluding hydrogens is 626 g/mol. The van der Waals surface area contributed by atoms with E-state index in [1.165, 1.54) is 11.9 Å². The second kappa shape index (κ2) is 20.6. The summed E-state index contributed by atoms with van der Waals surface area (Å²) in [5, 5.41) is 22.0. The van der Waals surface area contributed by atoms with Gasteiger partial charge in [-0.05, 0) is 101 Å². The van der Waals surface area contributed by atoms with Gasteiger partial charge in [-0.3, -0.25) is 24.2 Å². The van der Waals surface area contributed by atoms with Crippen molar-refractivity contribution in [1.82, 2.24) is 26.2 Å². The fourth-order valence-corrected chi connectivity index (χ4v) is 5.73. The van der Waals surface area contributed by atoms with Gasteiger partial charge in [0, 0.05) is 26.4 Å². The van der Waals surface area contributed by atoms with Crippen LogP contribution >= 0.6 is 0 Å². The Morgan fingerprint density at radius 3 is 2.00 bits per heavy atom. The summed E-state index contributed by atoms with van der Waals surface area (Å²) in [6, 6.07) is 8.78. The number of hydrogen-bond acceptors (Lipinski definition) is 8. The lowest BCUT2D eigenvalue weighted by Crippen LogP contribution is -2.58. The molecule has 4 amide bonds. The first kappa shape index (κ1) is 40.5. The fourth-order valence-electron chi connectivity index (χ4n) is 5.73. The van der Waals surface area contributed by atoms with Crippen LogP contribution in [0.3, 0.4) is 0 Å². The number of nitrogens with zero attached hydrogens (tertiary/aromatic N) is 2. The molecule has 2 aromatic rings. The van der Waals surface area contributed by atoms with Crippen LogP contribution in [0, 0.1) is 13.8 Å². The van der Waals surface area contributed by atoms with Gasteiger partial charge in [0.15, 0.2) is 5.96 Å². The molecule has 4 atom stereocenters. The largest absolute Gasteiger partial charge is 0.508 e. The van der Waals surface area contributed by atoms with Crippen molar-refractivity contribution in [3.05, 3.63) is 64.7 Å². The first-order valence-corrected chi connectivity index (χ1v) is 16.7. The SMILES string of the molecule is CNCCCC[C@H](NC(=O)[C@H](Cc1c(C)cc(O)cc1C)NC(=O)[C@@H](CCCN=C(N)N)NC)C(=O)N(C)[C@@H](Cc1ccccc1)C(N)=O. The second-order valence-electron chi connectivity index (χ2n) is 12.3. The summed E-state index contributed by atoms with van der Waals surface area (Å²) in [7, 11) is 4.99. The van der Waals surface area contributed by atoms with Gasteiger partial charge in [0.05, 0.1) is 6.04 Å². The number of hydrogen-bond donors (Lipinski definition) is 8. The zero-order chi connectivity index (χ0) is 36.5. The minimum absolute atomic E-state index is 0.0373. The molecule has 270 valence electrons. The number of guanidine groups is 1. The number of nitrogens with two attached hydrogens (primary N) is 3. The molecule has 0 aliphatic carbocycles. The summed E-state index contributed by atoms with van der Waals surface area (Å²) in [6.07, 6.45) is 2.89. The van der Waals surface area contributed by atoms with Crippen molar-refractivity contribution in [2.24, 2.45) is 22.2 Å². The molecule has 0 aliphatic rings. The number of primary amides is 1. The van der Waals surface area contributed by atoms with Crippen molar-refractivity contribution in [2.75, 3.05) is 34.2 Å². The number of likely N-dealkylation sites (N-methyl/N-ethyl adjacent to an activating group) is 2. The van der Waals surface area contributed by atoms with Gasteiger partial charge in [-0.15, -0.1) is 0 Å². The van der Waals surface area contributed by atoms with Crippen LogP contribution in [-0.4, -0.2) is 98.0 Å². The molecular formula is C35H55N9O5. The van der Waals surface area contributed by atoms with Crippen molar-refractivity contribution in [3.8, 4) is 5.75 Å². The van der Waals surface area contributed by atoms with E-state index in [9.17, 15) is 24.3 Å². The van der Waals surface area contributed by atoms with Crippen LogP contribution in [0.4, 0.5) is 0 Å². The molecule has 0 heterocycles. The van der Waals surface area contributed by atoms with E-state index in [-0.39, 0.29) is 24.6 Å². The van der Waals surface area contributed by atoms with Gasteiger partial charge in [-0.1, -0.05) is 30.3 Å². The van der Waals surface area contributed by atoms with Gasteiger partial charge < -0.3 is 48.5 Å². The molecule has 0 fully saturated rings. The van der Waals surface area contributed by atoms with Crippen molar-refractivity contribution in [3.63, 3.8) is 0 Å². The molecule has 2 rings (SSSR count). The standard InChI is InChI=1S/C35H55N9O5/c1-22-18-25(45)19-23(2)26(22)21-29(43-32(47)27(40-4)15-11-17-41-35(37)38)33(48)42-28(14-9-10-16-39-3)34(49)44(5)30(31(36)46)20-24-12-7-6-8-13-24/h6-8,12-13,18-19,27-30,39-40,45H,9-11,14-17,20-21H2,1-5H3,(H2,36,46)(H,42,48)(H,43,47)(H4,37,38,41)/t27-,28+,29+,30+/m1/s1. The number of aromatic hydroxyl groups is 1. The summed E-state index contributed by atoms with van der Waals surface area (Å²) in [5.74, 6) is -2.05. The minimum Gasteiger partial charge on any atom is -0.508 e. The van der Waals surface area contributed by atoms with Crippen molar-refractivity contribution in [2.45, 2.75) is 83.0 Å². The number of carbonyl (C=O) groups excluding carboxylic acids is 4. The number of phenols is 1. The van der Waals surface area contributed by atoms with Crippen molar-refractivity contribution < 1.29 is 24.3 Å². The summed E-state index contributed by atoms with van der Waals surface area (Å²) in [5.41, 5.74) is 19.7. The van der Waals surface area contributed by atoms with E-state index in [0.717, 1.165) is 35.2 Å². The van der Waals surface area contributed by atoms with Crippen LogP contribution in [0.2, 0.25) is 0 Å². The first-order valence-electron chi connectivity index (χ1n) is 16.7. The lowest BCUT2D eigenvalue weighted by Gasteiger charge is -2.31. The van der Waals surface area contributed by atoms with Gasteiger partial charge >= 0.3 is 0 Å². The molecule has 14 nitrogen and oxygen atoms in total. The Kier molecular flexibility index (Phi) is 17.0. The molecule has 49 heavy (non-hydrogen) atoms. The summed E-state index contributed by atoms with van der Waals surface area (Å²) in [6.45, 7) is 4.69. The predicted octanol–water partition coefficient (Wildman–Crippen LogP) is 0.107. The number of unbranched alkanes of at least 4 members (excludes halogenated alkanes) is 1. The highest BCUT2D eigenvalue weighted by Gasteiger charge is 2.34. The van der Waals surface area contributed by atoms with Crippen LogP contribution in [0.15, 0.2) is 47.5 Å². The van der Waals surface area contributed by atoms with Gasteiger partial charge in [0.25, 0.3) is 0 Å². The maximum atomic E-state index is 14.1. The molecule has 0 saturated heterocycles. The van der Waals surface area contributed by atoms with Crippen LogP contribution in [0.25, 0.3) is 0 Å². The number of benzene rings is 2. The lowest BCUT2D eigenvalue weighted by molar-refractivity contribution is -0.141. The lowest BCUT2D eigenvalue weighted by atomic mass is 9.94. The smallest absolute Gasteiger partial charge is 0.245 e. The van der Waals surface area contributed by atoms with E-state index in [2.05, 4.69) is 26.3 Å². The van der Waals surface area contributed by atoms with E-state index < -0.39 is 47.8 Å². The van der Waals surface area contributed by atoms with E-state index in [0.29, 0.717) is 32.2 Å². The first-order chi connectivity index (χ1) is 23.3. The summed E-state index contributed by atoms with van der Waals surface area (Å²) < 4.78 is 0. The molecule has 2 aromatic carbocycles. The minimum atomic E-state index is -1.07. The Labute approximate surface area is 289 Å². The third kappa shape index (κ3) is 13.4. The quantitative estimate of drug-likeness (QED) is 0.0507. The second-order valence-corrected chi connectivity index (χ2v) is 12.3. The Hall–Kier alpha value is -4.69. The molecule has 0 spiro atoms. The number of aryl methyl sites for hydroxylation is 2. The van der Waals surface area contributed by atoms with Gasteiger partial charge in [-0.2, -0.15) is 0 Å². The molecule has 14 heteroatoms. The topological polar surface area (TPSA) is 230 Å². The van der Waals surface area contributed by atoms with E-state index in [1.807, 2.05) is 51.2 Å². The average molecular weight is 682 g/mol. The Morgan fingerprint density at radius 2 is 1.43 bits per heavy atom. The number of phenolic OH excluding ortho intramolecular Hbond substituents is 1. The number of rotatable bonds is 21. The van der Waals surface area contributed by atoms with E-state index >= 15 is 0 Å². The molecule has 0 bridgehead atoms. The molecule has 11 N–H and O–H groups in total. The average Bonchev–Trinajstić information content (AvgIpc) is 3.05. The van der Waals surface area contributed by atoms with Crippen LogP contribution in [0.1, 0.15) is 54.4 Å². The van der Waals surface area contributed by atoms with Crippen LogP contribution < -0.4 is 38.5 Å². The van der Waals surface area contributed by atoms with E-state index in [1.54, 1.807) is 19.2 Å². The Morgan fingerprint density at radius 1 is 0.837 bits per heavy atom. The molecule has 0 aromatic heterocycles. The molecule has 0 radical (unpaired) electrons. The van der Waals surface area contributed by atoms with Gasteiger partial charge in [0.2, 0.25) is 23.6 Å². The highest BCUT2D eigenvalue weighted by Crippen LogP contribution is 2.22. The molecule has 0 aliphatic heterocycles. The summed E-state index contributed by atoms with van der Waals surface area (Å²) >= 11 is 0. The Balaban J connectivity index is 2.40. The maximum Gasteiger partial charge on any atom is 0.245 e. The third-order valence-electron chi connectivity index (χ3n) is 8.53. The highest BCUT2D eigenvalue weighted by molar-refractivity contribution is 5.94. The number of carbonyl (C=O) groups is 4. The zero-order valence-corrected chi connectivity index (χ0v) is 29.4. The number of amides is 4. The number of nitrogens with one attached hydrogen (secondary N) is 4. The van der Waals surface area contributed by atoms with E-state index in [4.69, 9.17) is 17.2 Å². The van der Waals surface area contributed by atoms with Crippen molar-refractivity contribution >= 4 is 29.6 Å². The van der Waals surface area contributed by atoms with Crippen LogP contribution in [-0.2, 0) is 32.0 Å². The molecule has 0 saturated carbocycles. The maximum absolute atomic E-state index is 14.1. The van der Waals surface area contributed by atoms with Gasteiger partial charge in [-0.25, -0.2) is 0 Å². The normalized spacial score (nSPS) is 13.4. The van der Waals surface area contributed by atoms with Crippen LogP contribution in [0.5, 0.6) is 5.75 Å². The fraction of sp³-hybridized carbons (Fsp3) is 0.514. The number of aliphatic imine (C=N–C) groups is 1. The zero-order valence-electron chi connectivity index (χ0n) is 29.4.